The van der Waals surface area contributed by atoms with Crippen LogP contribution in [0.25, 0.3) is 75.8 Å². The zero-order valence-corrected chi connectivity index (χ0v) is 59.7. The van der Waals surface area contributed by atoms with E-state index in [1.807, 2.05) is 0 Å². The first-order valence-electron chi connectivity index (χ1n) is 32.8. The van der Waals surface area contributed by atoms with Crippen molar-refractivity contribution in [3.8, 4) is 75.8 Å². The van der Waals surface area contributed by atoms with E-state index in [4.69, 9.17) is 0 Å². The summed E-state index contributed by atoms with van der Waals surface area (Å²) in [7, 11) is -2.50. The summed E-state index contributed by atoms with van der Waals surface area (Å²) in [5, 5.41) is 17.4. The largest absolute Gasteiger partial charge is 0.311 e. The van der Waals surface area contributed by atoms with Crippen LogP contribution in [-0.4, -0.2) is 0 Å². The SMILES string of the molecule is Cc1c(C)c(-c2ccc(N(c3ccc(-c4ccc(N(c5ccc(-c6c(C)c(C)c(C)p6-c6ccccc6)cc5)c5ccc(-c6c(C)c(C)c(C)p6-c6ccccc6)cc5)cc4)cc3)c3ccc(-c4c(C)c(C)c(C)p4-c4ccccc4)cc3)cc2)p(-c2ccccc2)c1C. The Hall–Kier alpha value is -9.08. The van der Waals surface area contributed by atoms with Gasteiger partial charge in [-0.2, -0.15) is 0 Å². The highest BCUT2D eigenvalue weighted by molar-refractivity contribution is 7.62. The lowest BCUT2D eigenvalue weighted by Gasteiger charge is -2.27. The van der Waals surface area contributed by atoms with Crippen molar-refractivity contribution >= 4 is 64.3 Å². The molecule has 14 rings (SSSR count). The van der Waals surface area contributed by atoms with Gasteiger partial charge < -0.3 is 9.80 Å². The monoisotopic (exact) mass is 1290 g/mol. The second-order valence-electron chi connectivity index (χ2n) is 25.4. The Kier molecular flexibility index (Phi) is 17.3. The van der Waals surface area contributed by atoms with Crippen molar-refractivity contribution in [1.29, 1.82) is 0 Å². The van der Waals surface area contributed by atoms with E-state index in [9.17, 15) is 0 Å². The molecule has 0 saturated heterocycles. The highest BCUT2D eigenvalue weighted by Gasteiger charge is 2.25. The van der Waals surface area contributed by atoms with Crippen LogP contribution in [0.3, 0.4) is 0 Å². The molecule has 0 radical (unpaired) electrons. The average Bonchev–Trinajstić information content (AvgIpc) is 1.86. The average molecular weight is 1290 g/mol. The molecule has 0 amide bonds. The normalized spacial score (nSPS) is 12.2. The maximum Gasteiger partial charge on any atom is 0.0462 e. The van der Waals surface area contributed by atoms with Crippen molar-refractivity contribution in [2.45, 2.75) is 83.1 Å². The van der Waals surface area contributed by atoms with E-state index in [1.54, 1.807) is 0 Å². The molecule has 4 atom stereocenters. The highest BCUT2D eigenvalue weighted by atomic mass is 31.1. The molecule has 0 saturated carbocycles. The van der Waals surface area contributed by atoms with E-state index in [0.717, 1.165) is 45.3 Å². The minimum atomic E-state index is -0.626. The summed E-state index contributed by atoms with van der Waals surface area (Å²) in [6.07, 6.45) is 0. The molecule has 94 heavy (non-hydrogen) atoms. The van der Waals surface area contributed by atoms with Gasteiger partial charge >= 0.3 is 0 Å². The molecule has 462 valence electrons. The molecule has 2 nitrogen and oxygen atoms in total. The van der Waals surface area contributed by atoms with Gasteiger partial charge in [-0.15, -0.1) is 0 Å². The molecule has 4 heterocycles. The van der Waals surface area contributed by atoms with Gasteiger partial charge in [0.1, 0.15) is 0 Å². The van der Waals surface area contributed by atoms with E-state index < -0.39 is 30.1 Å². The smallest absolute Gasteiger partial charge is 0.0462 e. The summed E-state index contributed by atoms with van der Waals surface area (Å²) >= 11 is 0. The molecule has 0 bridgehead atoms. The zero-order chi connectivity index (χ0) is 65.1. The van der Waals surface area contributed by atoms with E-state index in [0.29, 0.717) is 0 Å². The van der Waals surface area contributed by atoms with Gasteiger partial charge in [-0.1, -0.05) is 224 Å². The number of hydrogen-bond acceptors (Lipinski definition) is 2. The molecule has 0 aliphatic rings. The molecule has 0 spiro atoms. The fourth-order valence-electron chi connectivity index (χ4n) is 14.4. The van der Waals surface area contributed by atoms with Gasteiger partial charge in [0, 0.05) is 55.3 Å². The fraction of sp³-hybridized carbons (Fsp3) is 0.136. The lowest BCUT2D eigenvalue weighted by molar-refractivity contribution is 1.28. The third-order valence-electron chi connectivity index (χ3n) is 20.3. The van der Waals surface area contributed by atoms with E-state index in [-0.39, 0.29) is 0 Å². The Morgan fingerprint density at radius 3 is 0.500 bits per heavy atom. The summed E-state index contributed by atoms with van der Waals surface area (Å²) < 4.78 is 0. The minimum absolute atomic E-state index is 0.626. The standard InChI is InChI=1S/C88H80N2P4/c1-57-61(5)85(91(65(57)9)81-25-17-13-18-26-81)71-37-49-77(50-38-71)89(78-51-39-72(40-52-78)86-62(6)58(2)66(10)92(86)82-27-19-14-20-28-82)75-45-33-69(34-46-75)70-35-47-76(48-36-70)90(79-53-41-73(42-54-79)87-63(7)59(3)67(11)93(87)83-29-21-15-22-30-83)80-55-43-74(44-56-80)88-64(8)60(4)68(12)94(88)84-31-23-16-24-32-84/h13-56H,1-12H3. The van der Waals surface area contributed by atoms with Crippen molar-refractivity contribution in [1.82, 2.24) is 0 Å². The Balaban J connectivity index is 0.830. The third-order valence-corrected chi connectivity index (χ3v) is 31.8. The second-order valence-corrected chi connectivity index (χ2v) is 34.6. The van der Waals surface area contributed by atoms with Crippen LogP contribution in [0, 0.1) is 83.1 Å². The van der Waals surface area contributed by atoms with Gasteiger partial charge in [-0.25, -0.2) is 0 Å². The molecule has 14 aromatic rings. The summed E-state index contributed by atoms with van der Waals surface area (Å²) in [6, 6.07) is 100. The van der Waals surface area contributed by atoms with Crippen LogP contribution in [0.15, 0.2) is 267 Å². The Labute approximate surface area is 561 Å². The van der Waals surface area contributed by atoms with Crippen LogP contribution in [0.2, 0.25) is 0 Å². The first-order valence-corrected chi connectivity index (χ1v) is 38.2. The van der Waals surface area contributed by atoms with Gasteiger partial charge in [0.2, 0.25) is 0 Å². The van der Waals surface area contributed by atoms with Gasteiger partial charge in [-0.05, 0) is 276 Å². The van der Waals surface area contributed by atoms with E-state index in [1.165, 1.54) is 130 Å². The van der Waals surface area contributed by atoms with Crippen molar-refractivity contribution in [2.75, 3.05) is 9.80 Å². The predicted molar refractivity (Wildman–Crippen MR) is 416 cm³/mol. The van der Waals surface area contributed by atoms with Gasteiger partial charge in [0.25, 0.3) is 0 Å². The van der Waals surface area contributed by atoms with E-state index >= 15 is 0 Å². The zero-order valence-electron chi connectivity index (χ0n) is 56.1. The molecule has 0 N–H and O–H groups in total. The maximum absolute atomic E-state index is 2.43. The molecule has 6 heteroatoms. The summed E-state index contributed by atoms with van der Waals surface area (Å²) in [5.74, 6) is 0. The van der Waals surface area contributed by atoms with Crippen LogP contribution in [0.5, 0.6) is 0 Å². The molecule has 0 aliphatic heterocycles. The minimum Gasteiger partial charge on any atom is -0.311 e. The number of rotatable bonds is 15. The van der Waals surface area contributed by atoms with Gasteiger partial charge in [-0.3, -0.25) is 0 Å². The molecular formula is C88H80N2P4. The maximum atomic E-state index is 2.43. The van der Waals surface area contributed by atoms with Crippen molar-refractivity contribution in [3.05, 3.63) is 333 Å². The number of hydrogen-bond donors (Lipinski definition) is 0. The Morgan fingerprint density at radius 2 is 0.330 bits per heavy atom. The van der Waals surface area contributed by atoms with Crippen molar-refractivity contribution < 1.29 is 0 Å². The van der Waals surface area contributed by atoms with Crippen molar-refractivity contribution in [2.24, 2.45) is 0 Å². The quantitative estimate of drug-likeness (QED) is 0.101. The van der Waals surface area contributed by atoms with Crippen LogP contribution in [0.4, 0.5) is 34.1 Å². The molecule has 10 aromatic carbocycles. The Morgan fingerprint density at radius 1 is 0.170 bits per heavy atom. The lowest BCUT2D eigenvalue weighted by atomic mass is 10.0. The summed E-state index contributed by atoms with van der Waals surface area (Å²) in [6.45, 7) is 27.9. The van der Waals surface area contributed by atoms with Crippen LogP contribution < -0.4 is 9.80 Å². The predicted octanol–water partition coefficient (Wildman–Crippen LogP) is 28.6. The van der Waals surface area contributed by atoms with Gasteiger partial charge in [0.15, 0.2) is 0 Å². The number of anilines is 6. The lowest BCUT2D eigenvalue weighted by Crippen LogP contribution is -2.10. The fourth-order valence-corrected chi connectivity index (χ4v) is 25.8. The third kappa shape index (κ3) is 11.2. The molecular weight excluding hydrogens is 1210 g/mol. The van der Waals surface area contributed by atoms with Crippen LogP contribution in [0.1, 0.15) is 65.7 Å². The van der Waals surface area contributed by atoms with Gasteiger partial charge in [0.05, 0.1) is 0 Å². The Bertz CT molecular complexity index is 4450. The summed E-state index contributed by atoms with van der Waals surface area (Å²) in [5.41, 5.74) is 25.5. The molecule has 0 aliphatic carbocycles. The van der Waals surface area contributed by atoms with Crippen molar-refractivity contribution in [3.63, 3.8) is 0 Å². The number of nitrogens with zero attached hydrogens (tertiary/aromatic N) is 2. The molecule has 4 unspecified atom stereocenters. The first kappa shape index (κ1) is 62.4. The van der Waals surface area contributed by atoms with Crippen LogP contribution >= 0.6 is 30.1 Å². The van der Waals surface area contributed by atoms with E-state index in [2.05, 4.69) is 360 Å². The van der Waals surface area contributed by atoms with Crippen LogP contribution in [-0.2, 0) is 0 Å². The topological polar surface area (TPSA) is 6.48 Å². The second kappa shape index (κ2) is 26.0. The first-order chi connectivity index (χ1) is 45.7. The molecule has 0 fully saturated rings. The number of benzene rings is 10. The molecule has 4 aromatic heterocycles. The summed E-state index contributed by atoms with van der Waals surface area (Å²) in [4.78, 5) is 4.87. The highest BCUT2D eigenvalue weighted by Crippen LogP contribution is 2.61.